The molecule has 0 aromatic heterocycles. The molecular formula is C10H18N2O3S. The second-order valence-electron chi connectivity index (χ2n) is 4.07. The molecule has 1 saturated heterocycles. The summed E-state index contributed by atoms with van der Waals surface area (Å²) in [5, 5.41) is 9.02. The second kappa shape index (κ2) is 6.10. The number of carbonyl (C=O) groups is 2. The van der Waals surface area contributed by atoms with E-state index in [1.807, 2.05) is 19.0 Å². The van der Waals surface area contributed by atoms with Crippen LogP contribution in [-0.2, 0) is 9.59 Å². The van der Waals surface area contributed by atoms with E-state index >= 15 is 0 Å². The van der Waals surface area contributed by atoms with Crippen LogP contribution in [0.2, 0.25) is 0 Å². The molecule has 6 heteroatoms. The van der Waals surface area contributed by atoms with Crippen LogP contribution in [0.1, 0.15) is 6.42 Å². The number of rotatable bonds is 4. The first kappa shape index (κ1) is 13.3. The Bertz CT molecular complexity index is 271. The van der Waals surface area contributed by atoms with Crippen molar-refractivity contribution in [3.8, 4) is 0 Å². The highest BCUT2D eigenvalue weighted by molar-refractivity contribution is 7.99. The van der Waals surface area contributed by atoms with E-state index in [1.54, 1.807) is 11.8 Å². The average molecular weight is 246 g/mol. The van der Waals surface area contributed by atoms with Gasteiger partial charge >= 0.3 is 5.97 Å². The molecule has 1 amide bonds. The number of thioether (sulfide) groups is 1. The van der Waals surface area contributed by atoms with Crippen LogP contribution in [0.4, 0.5) is 0 Å². The van der Waals surface area contributed by atoms with Gasteiger partial charge in [-0.05, 0) is 14.1 Å². The molecule has 0 spiro atoms. The van der Waals surface area contributed by atoms with Crippen LogP contribution in [0, 0.1) is 0 Å². The summed E-state index contributed by atoms with van der Waals surface area (Å²) >= 11 is 1.59. The molecule has 0 radical (unpaired) electrons. The fourth-order valence-electron chi connectivity index (χ4n) is 1.57. The third-order valence-corrected chi connectivity index (χ3v) is 3.53. The van der Waals surface area contributed by atoms with Crippen molar-refractivity contribution < 1.29 is 14.7 Å². The predicted molar refractivity (Wildman–Crippen MR) is 63.6 cm³/mol. The zero-order chi connectivity index (χ0) is 12.1. The molecule has 1 atom stereocenters. The summed E-state index contributed by atoms with van der Waals surface area (Å²) in [6, 6.07) is -0.645. The number of hydrogen-bond acceptors (Lipinski definition) is 4. The molecule has 0 aliphatic carbocycles. The van der Waals surface area contributed by atoms with Crippen LogP contribution >= 0.6 is 11.8 Å². The first-order valence-corrected chi connectivity index (χ1v) is 6.42. The lowest BCUT2D eigenvalue weighted by atomic mass is 10.2. The molecular weight excluding hydrogens is 228 g/mol. The standard InChI is InChI=1S/C10H18N2O3S/c1-11(2)4-3-9(13)12-5-6-16-7-8(12)10(14)15/h8H,3-7H2,1-2H3,(H,14,15). The highest BCUT2D eigenvalue weighted by Gasteiger charge is 2.31. The van der Waals surface area contributed by atoms with Gasteiger partial charge in [-0.1, -0.05) is 0 Å². The van der Waals surface area contributed by atoms with Gasteiger partial charge in [-0.25, -0.2) is 4.79 Å². The summed E-state index contributed by atoms with van der Waals surface area (Å²) in [4.78, 5) is 26.3. The van der Waals surface area contributed by atoms with Crippen molar-refractivity contribution in [2.75, 3.05) is 38.7 Å². The number of amides is 1. The molecule has 0 bridgehead atoms. The van der Waals surface area contributed by atoms with E-state index in [4.69, 9.17) is 5.11 Å². The first-order chi connectivity index (χ1) is 7.52. The van der Waals surface area contributed by atoms with Gasteiger partial charge in [0.15, 0.2) is 0 Å². The molecule has 1 fully saturated rings. The van der Waals surface area contributed by atoms with E-state index in [2.05, 4.69) is 0 Å². The number of carboxylic acid groups (broad SMARTS) is 1. The van der Waals surface area contributed by atoms with Crippen LogP contribution < -0.4 is 0 Å². The number of hydrogen-bond donors (Lipinski definition) is 1. The lowest BCUT2D eigenvalue weighted by Crippen LogP contribution is -2.50. The number of nitrogens with zero attached hydrogens (tertiary/aromatic N) is 2. The van der Waals surface area contributed by atoms with E-state index in [-0.39, 0.29) is 5.91 Å². The molecule has 0 aromatic rings. The molecule has 0 saturated carbocycles. The quantitative estimate of drug-likeness (QED) is 0.754. The largest absolute Gasteiger partial charge is 0.480 e. The van der Waals surface area contributed by atoms with Gasteiger partial charge in [0.1, 0.15) is 6.04 Å². The fraction of sp³-hybridized carbons (Fsp3) is 0.800. The summed E-state index contributed by atoms with van der Waals surface area (Å²) in [6.45, 7) is 1.21. The Labute approximate surface area is 99.8 Å². The van der Waals surface area contributed by atoms with Gasteiger partial charge in [0, 0.05) is 31.0 Å². The van der Waals surface area contributed by atoms with Crippen LogP contribution in [0.25, 0.3) is 0 Å². The third-order valence-electron chi connectivity index (χ3n) is 2.51. The third kappa shape index (κ3) is 3.68. The molecule has 16 heavy (non-hydrogen) atoms. The van der Waals surface area contributed by atoms with E-state index in [0.717, 1.165) is 5.75 Å². The van der Waals surface area contributed by atoms with Crippen molar-refractivity contribution in [2.45, 2.75) is 12.5 Å². The van der Waals surface area contributed by atoms with E-state index < -0.39 is 12.0 Å². The Morgan fingerprint density at radius 1 is 1.50 bits per heavy atom. The molecule has 1 heterocycles. The van der Waals surface area contributed by atoms with Crippen molar-refractivity contribution in [1.29, 1.82) is 0 Å². The Hall–Kier alpha value is -0.750. The van der Waals surface area contributed by atoms with Crippen molar-refractivity contribution in [3.63, 3.8) is 0 Å². The van der Waals surface area contributed by atoms with Crippen molar-refractivity contribution in [1.82, 2.24) is 9.80 Å². The SMILES string of the molecule is CN(C)CCC(=O)N1CCSCC1C(=O)O. The monoisotopic (exact) mass is 246 g/mol. The maximum absolute atomic E-state index is 11.8. The minimum absolute atomic E-state index is 0.0543. The molecule has 0 aromatic carbocycles. The molecule has 1 unspecified atom stereocenters. The lowest BCUT2D eigenvalue weighted by Gasteiger charge is -2.32. The fourth-order valence-corrected chi connectivity index (χ4v) is 2.61. The summed E-state index contributed by atoms with van der Waals surface area (Å²) in [5.41, 5.74) is 0. The summed E-state index contributed by atoms with van der Waals surface area (Å²) in [6.07, 6.45) is 0.390. The number of carbonyl (C=O) groups excluding carboxylic acids is 1. The van der Waals surface area contributed by atoms with Gasteiger partial charge < -0.3 is 14.9 Å². The smallest absolute Gasteiger partial charge is 0.327 e. The maximum Gasteiger partial charge on any atom is 0.327 e. The topological polar surface area (TPSA) is 60.9 Å². The number of carboxylic acids is 1. The summed E-state index contributed by atoms with van der Waals surface area (Å²) in [7, 11) is 3.79. The van der Waals surface area contributed by atoms with Crippen LogP contribution in [0.5, 0.6) is 0 Å². The highest BCUT2D eigenvalue weighted by Crippen LogP contribution is 2.17. The second-order valence-corrected chi connectivity index (χ2v) is 5.22. The Balaban J connectivity index is 2.54. The molecule has 1 N–H and O–H groups in total. The first-order valence-electron chi connectivity index (χ1n) is 5.27. The zero-order valence-electron chi connectivity index (χ0n) is 9.68. The highest BCUT2D eigenvalue weighted by atomic mass is 32.2. The van der Waals surface area contributed by atoms with Gasteiger partial charge in [-0.2, -0.15) is 11.8 Å². The number of aliphatic carboxylic acids is 1. The summed E-state index contributed by atoms with van der Waals surface area (Å²) < 4.78 is 0. The summed E-state index contributed by atoms with van der Waals surface area (Å²) in [5.74, 6) is 0.382. The van der Waals surface area contributed by atoms with Crippen LogP contribution in [0.3, 0.4) is 0 Å². The Kier molecular flexibility index (Phi) is 5.08. The molecule has 1 aliphatic heterocycles. The molecule has 1 aliphatic rings. The van der Waals surface area contributed by atoms with Gasteiger partial charge in [-0.15, -0.1) is 0 Å². The molecule has 1 rings (SSSR count). The van der Waals surface area contributed by atoms with Gasteiger partial charge in [0.2, 0.25) is 5.91 Å². The van der Waals surface area contributed by atoms with Crippen molar-refractivity contribution >= 4 is 23.6 Å². The lowest BCUT2D eigenvalue weighted by molar-refractivity contribution is -0.149. The normalized spacial score (nSPS) is 21.2. The van der Waals surface area contributed by atoms with Crippen molar-refractivity contribution in [3.05, 3.63) is 0 Å². The van der Waals surface area contributed by atoms with E-state index in [0.29, 0.717) is 25.3 Å². The molecule has 92 valence electrons. The minimum Gasteiger partial charge on any atom is -0.480 e. The maximum atomic E-state index is 11.8. The van der Waals surface area contributed by atoms with Crippen molar-refractivity contribution in [2.24, 2.45) is 0 Å². The van der Waals surface area contributed by atoms with Gasteiger partial charge in [-0.3, -0.25) is 4.79 Å². The molecule has 5 nitrogen and oxygen atoms in total. The van der Waals surface area contributed by atoms with Crippen LogP contribution in [0.15, 0.2) is 0 Å². The van der Waals surface area contributed by atoms with E-state index in [1.165, 1.54) is 4.90 Å². The Morgan fingerprint density at radius 3 is 2.75 bits per heavy atom. The van der Waals surface area contributed by atoms with E-state index in [9.17, 15) is 9.59 Å². The Morgan fingerprint density at radius 2 is 2.19 bits per heavy atom. The average Bonchev–Trinajstić information content (AvgIpc) is 2.25. The van der Waals surface area contributed by atoms with Gasteiger partial charge in [0.05, 0.1) is 0 Å². The predicted octanol–water partition coefficient (Wildman–Crippen LogP) is -0.0333. The van der Waals surface area contributed by atoms with Gasteiger partial charge in [0.25, 0.3) is 0 Å². The zero-order valence-corrected chi connectivity index (χ0v) is 10.5. The van der Waals surface area contributed by atoms with Crippen LogP contribution in [-0.4, -0.2) is 71.5 Å². The minimum atomic E-state index is -0.898.